The number of benzene rings is 4. The number of hydrogen-bond acceptors (Lipinski definition) is 6. The van der Waals surface area contributed by atoms with Crippen molar-refractivity contribution in [2.75, 3.05) is 15.1 Å². The summed E-state index contributed by atoms with van der Waals surface area (Å²) in [4.78, 5) is 49.7. The minimum Gasteiger partial charge on any atom is -0.506 e. The highest BCUT2D eigenvalue weighted by Gasteiger charge is 2.49. The van der Waals surface area contributed by atoms with Crippen molar-refractivity contribution in [3.8, 4) is 0 Å². The maximum absolute atomic E-state index is 14.2. The fourth-order valence-electron chi connectivity index (χ4n) is 9.61. The van der Waals surface area contributed by atoms with Crippen LogP contribution in [0.3, 0.4) is 0 Å². The molecule has 2 unspecified atom stereocenters. The average Bonchev–Trinajstić information content (AvgIpc) is 3.63. The van der Waals surface area contributed by atoms with E-state index in [-0.39, 0.29) is 34.5 Å². The van der Waals surface area contributed by atoms with E-state index < -0.39 is 11.3 Å². The average molecular weight is 681 g/mol. The minimum atomic E-state index is -0.572. The second-order valence-electron chi connectivity index (χ2n) is 15.3. The summed E-state index contributed by atoms with van der Waals surface area (Å²) in [7, 11) is 0. The van der Waals surface area contributed by atoms with Gasteiger partial charge in [-0.2, -0.15) is 0 Å². The number of rotatable bonds is 10. The summed E-state index contributed by atoms with van der Waals surface area (Å²) in [6.45, 7) is 4.29. The lowest BCUT2D eigenvalue weighted by atomic mass is 9.79. The zero-order chi connectivity index (χ0) is 35.1. The Bertz CT molecular complexity index is 2360. The molecule has 4 heterocycles. The lowest BCUT2D eigenvalue weighted by Gasteiger charge is -2.42. The van der Waals surface area contributed by atoms with Gasteiger partial charge >= 0.3 is 0 Å². The summed E-state index contributed by atoms with van der Waals surface area (Å²) in [6, 6.07) is 19.4. The number of aliphatic hydroxyl groups excluding tert-OH is 1. The van der Waals surface area contributed by atoms with Crippen molar-refractivity contribution in [1.29, 1.82) is 0 Å². The van der Waals surface area contributed by atoms with Gasteiger partial charge in [-0.25, -0.2) is 0 Å². The maximum atomic E-state index is 14.2. The largest absolute Gasteiger partial charge is 0.506 e. The van der Waals surface area contributed by atoms with Gasteiger partial charge in [0, 0.05) is 35.7 Å². The monoisotopic (exact) mass is 680 g/mol. The first kappa shape index (κ1) is 32.0. The molecule has 4 aromatic carbocycles. The number of ketones is 1. The van der Waals surface area contributed by atoms with Crippen LogP contribution in [0.25, 0.3) is 32.7 Å². The molecule has 2 fully saturated rings. The first-order valence-corrected chi connectivity index (χ1v) is 18.9. The number of Topliss-reactive ketones (excluding diaryl/α,β-unsaturated/α-hetero) is 1. The van der Waals surface area contributed by atoms with Crippen molar-refractivity contribution in [2.45, 2.75) is 109 Å². The van der Waals surface area contributed by atoms with E-state index in [0.717, 1.165) is 63.2 Å². The van der Waals surface area contributed by atoms with Gasteiger partial charge in [0.1, 0.15) is 17.1 Å². The molecule has 5 aliphatic rings. The van der Waals surface area contributed by atoms with E-state index in [4.69, 9.17) is 4.99 Å². The third-order valence-corrected chi connectivity index (χ3v) is 12.1. The Labute approximate surface area is 297 Å². The summed E-state index contributed by atoms with van der Waals surface area (Å²) in [5, 5.41) is 20.1. The van der Waals surface area contributed by atoms with Crippen molar-refractivity contribution in [3.05, 3.63) is 82.6 Å². The van der Waals surface area contributed by atoms with Gasteiger partial charge in [0.2, 0.25) is 17.6 Å². The minimum absolute atomic E-state index is 0.0405. The van der Waals surface area contributed by atoms with Crippen LogP contribution in [0.5, 0.6) is 0 Å². The molecule has 2 atom stereocenters. The van der Waals surface area contributed by atoms with Crippen molar-refractivity contribution in [3.63, 3.8) is 0 Å². The lowest BCUT2D eigenvalue weighted by Crippen LogP contribution is -2.51. The molecular formula is C43H44N4O4. The van der Waals surface area contributed by atoms with Crippen LogP contribution in [0.15, 0.2) is 71.4 Å². The molecule has 0 spiro atoms. The first-order valence-electron chi connectivity index (χ1n) is 18.9. The van der Waals surface area contributed by atoms with Gasteiger partial charge in [0.05, 0.1) is 27.9 Å². The third kappa shape index (κ3) is 4.64. The molecule has 0 saturated carbocycles. The summed E-state index contributed by atoms with van der Waals surface area (Å²) >= 11 is 0. The summed E-state index contributed by atoms with van der Waals surface area (Å²) in [6.07, 6.45) is 13.0. The Kier molecular flexibility index (Phi) is 7.39. The Balaban J connectivity index is 1.10. The summed E-state index contributed by atoms with van der Waals surface area (Å²) < 4.78 is 0. The third-order valence-electron chi connectivity index (χ3n) is 12.1. The normalized spacial score (nSPS) is 24.2. The number of anilines is 3. The van der Waals surface area contributed by atoms with E-state index in [1.54, 1.807) is 0 Å². The SMILES string of the molecule is CCCCCCCCCCC12CCC(=O)N1c1cccc3/c(=C4/C(=O)C(c5ccc6c7c(cccc57)N5C(=O)CCC5(C)N6)=C4O)ccc(c13)=N2. The number of hydrogen-bond donors (Lipinski definition) is 2. The molecule has 8 heteroatoms. The Hall–Kier alpha value is -4.98. The number of unbranched alkanes of at least 4 members (excludes halogenated alkanes) is 7. The quantitative estimate of drug-likeness (QED) is 0.166. The first-order chi connectivity index (χ1) is 24.8. The van der Waals surface area contributed by atoms with Crippen molar-refractivity contribution >= 4 is 67.4 Å². The van der Waals surface area contributed by atoms with Gasteiger partial charge in [-0.15, -0.1) is 0 Å². The molecule has 1 aliphatic carbocycles. The molecule has 4 aromatic rings. The Morgan fingerprint density at radius 1 is 0.745 bits per heavy atom. The predicted octanol–water partition coefficient (Wildman–Crippen LogP) is 7.95. The number of carbonyl (C=O) groups excluding carboxylic acids is 3. The zero-order valence-electron chi connectivity index (χ0n) is 29.5. The van der Waals surface area contributed by atoms with Crippen LogP contribution < -0.4 is 25.7 Å². The Morgan fingerprint density at radius 3 is 2.20 bits per heavy atom. The summed E-state index contributed by atoms with van der Waals surface area (Å²) in [5.74, 6) is -0.107. The highest BCUT2D eigenvalue weighted by molar-refractivity contribution is 6.53. The van der Waals surface area contributed by atoms with Gasteiger partial charge in [0.25, 0.3) is 0 Å². The zero-order valence-corrected chi connectivity index (χ0v) is 29.5. The number of amides is 2. The smallest absolute Gasteiger partial charge is 0.229 e. The van der Waals surface area contributed by atoms with Gasteiger partial charge in [-0.3, -0.25) is 29.2 Å². The molecule has 8 nitrogen and oxygen atoms in total. The molecule has 2 N–H and O–H groups in total. The highest BCUT2D eigenvalue weighted by atomic mass is 16.3. The second kappa shape index (κ2) is 11.8. The second-order valence-corrected chi connectivity index (χ2v) is 15.3. The standard InChI is InChI=1S/C43H44N4O4/c1-3-4-5-6-7-8-9-10-23-43-25-22-35(49)47(43)33-16-12-14-27-29(18-20-31(45-43)37(27)33)39-40(50)38(41(39)51)28-17-19-30-36-26(28)13-11-15-32(36)46-34(48)21-24-42(46,2)44-30/h11-20,44,50H,3-10,21-25H2,1-2H3/b39-29+. The van der Waals surface area contributed by atoms with E-state index in [2.05, 4.69) is 12.2 Å². The van der Waals surface area contributed by atoms with Gasteiger partial charge in [-0.1, -0.05) is 88.3 Å². The van der Waals surface area contributed by atoms with Crippen molar-refractivity contribution in [2.24, 2.45) is 4.99 Å². The van der Waals surface area contributed by atoms with Crippen LogP contribution in [0.2, 0.25) is 0 Å². The number of nitrogens with one attached hydrogen (secondary N) is 1. The molecule has 9 rings (SSSR count). The molecule has 0 bridgehead atoms. The number of nitrogens with zero attached hydrogens (tertiary/aromatic N) is 3. The molecule has 2 saturated heterocycles. The lowest BCUT2D eigenvalue weighted by molar-refractivity contribution is -0.118. The molecule has 4 aliphatic heterocycles. The van der Waals surface area contributed by atoms with E-state index in [0.29, 0.717) is 36.5 Å². The van der Waals surface area contributed by atoms with Crippen LogP contribution >= 0.6 is 0 Å². The predicted molar refractivity (Wildman–Crippen MR) is 202 cm³/mol. The van der Waals surface area contributed by atoms with E-state index in [1.807, 2.05) is 77.4 Å². The van der Waals surface area contributed by atoms with Gasteiger partial charge in [0.15, 0.2) is 0 Å². The number of allylic oxidation sites excluding steroid dienone is 2. The van der Waals surface area contributed by atoms with Crippen LogP contribution in [-0.4, -0.2) is 34.0 Å². The molecule has 260 valence electrons. The van der Waals surface area contributed by atoms with Crippen LogP contribution in [-0.2, 0) is 14.4 Å². The molecule has 0 radical (unpaired) electrons. The van der Waals surface area contributed by atoms with Crippen molar-refractivity contribution < 1.29 is 19.5 Å². The highest BCUT2D eigenvalue weighted by Crippen LogP contribution is 2.50. The molecule has 51 heavy (non-hydrogen) atoms. The fraction of sp³-hybridized carbons (Fsp3) is 0.395. The van der Waals surface area contributed by atoms with Gasteiger partial charge in [-0.05, 0) is 72.0 Å². The molecule has 0 aromatic heterocycles. The topological polar surface area (TPSA) is 102 Å². The summed E-state index contributed by atoms with van der Waals surface area (Å²) in [5.41, 5.74) is 2.71. The molecule has 2 amide bonds. The van der Waals surface area contributed by atoms with E-state index in [1.165, 1.54) is 38.5 Å². The van der Waals surface area contributed by atoms with Gasteiger partial charge < -0.3 is 10.4 Å². The van der Waals surface area contributed by atoms with Crippen LogP contribution in [0.1, 0.15) is 103 Å². The van der Waals surface area contributed by atoms with E-state index in [9.17, 15) is 19.5 Å². The van der Waals surface area contributed by atoms with Crippen LogP contribution in [0.4, 0.5) is 17.1 Å². The molecular weight excluding hydrogens is 636 g/mol. The number of aliphatic hydroxyl groups is 1. The van der Waals surface area contributed by atoms with Crippen molar-refractivity contribution in [1.82, 2.24) is 0 Å². The number of carbonyl (C=O) groups is 3. The number of fused-ring (bicyclic) bond motifs is 4. The Morgan fingerprint density at radius 2 is 1.43 bits per heavy atom. The fourth-order valence-corrected chi connectivity index (χ4v) is 9.61. The maximum Gasteiger partial charge on any atom is 0.229 e. The van der Waals surface area contributed by atoms with E-state index >= 15 is 0 Å². The van der Waals surface area contributed by atoms with Crippen LogP contribution in [0, 0.1) is 0 Å².